The molecule has 2 rings (SSSR count). The molecule has 0 aliphatic carbocycles. The van der Waals surface area contributed by atoms with Crippen molar-refractivity contribution < 1.29 is 17.9 Å². The largest absolute Gasteiger partial charge is 0.416 e. The number of hydrogen-bond donors (Lipinski definition) is 0. The lowest BCUT2D eigenvalue weighted by Gasteiger charge is -2.30. The number of halogens is 4. The first kappa shape index (κ1) is 14.9. The van der Waals surface area contributed by atoms with Gasteiger partial charge in [-0.2, -0.15) is 13.2 Å². The third kappa shape index (κ3) is 3.14. The van der Waals surface area contributed by atoms with Crippen molar-refractivity contribution in [3.8, 4) is 0 Å². The molecule has 1 heterocycles. The monoisotopic (exact) mass is 336 g/mol. The number of ether oxygens (including phenoxy) is 1. The number of hydrogen-bond acceptors (Lipinski definition) is 1. The smallest absolute Gasteiger partial charge is 0.378 e. The van der Waals surface area contributed by atoms with E-state index >= 15 is 0 Å². The van der Waals surface area contributed by atoms with E-state index in [4.69, 9.17) is 4.74 Å². The van der Waals surface area contributed by atoms with Gasteiger partial charge in [0.25, 0.3) is 0 Å². The van der Waals surface area contributed by atoms with Crippen molar-refractivity contribution in [1.82, 2.24) is 0 Å². The van der Waals surface area contributed by atoms with Crippen LogP contribution >= 0.6 is 15.9 Å². The van der Waals surface area contributed by atoms with Gasteiger partial charge in [0.2, 0.25) is 0 Å². The SMILES string of the molecule is CC1OCCC1(CBr)Cc1ccc(C(F)(F)F)cc1. The van der Waals surface area contributed by atoms with E-state index in [0.29, 0.717) is 6.61 Å². The van der Waals surface area contributed by atoms with Gasteiger partial charge >= 0.3 is 6.18 Å². The average Bonchev–Trinajstić information content (AvgIpc) is 2.71. The Morgan fingerprint density at radius 2 is 1.95 bits per heavy atom. The van der Waals surface area contributed by atoms with Crippen molar-refractivity contribution in [3.05, 3.63) is 35.4 Å². The minimum atomic E-state index is -4.27. The summed E-state index contributed by atoms with van der Waals surface area (Å²) >= 11 is 3.52. The summed E-state index contributed by atoms with van der Waals surface area (Å²) < 4.78 is 43.1. The Morgan fingerprint density at radius 1 is 1.32 bits per heavy atom. The molecule has 1 fully saturated rings. The lowest BCUT2D eigenvalue weighted by atomic mass is 9.78. The number of benzene rings is 1. The van der Waals surface area contributed by atoms with E-state index in [0.717, 1.165) is 35.9 Å². The van der Waals surface area contributed by atoms with Crippen LogP contribution in [0.15, 0.2) is 24.3 Å². The second-order valence-electron chi connectivity index (χ2n) is 5.13. The maximum Gasteiger partial charge on any atom is 0.416 e. The zero-order valence-electron chi connectivity index (χ0n) is 10.6. The first-order chi connectivity index (χ1) is 8.87. The van der Waals surface area contributed by atoms with Crippen LogP contribution in [-0.2, 0) is 17.3 Å². The standard InChI is InChI=1S/C14H16BrF3O/c1-10-13(9-15,6-7-19-10)8-11-2-4-12(5-3-11)14(16,17)18/h2-5,10H,6-9H2,1H3. The molecule has 1 aromatic carbocycles. The van der Waals surface area contributed by atoms with Gasteiger partial charge in [-0.05, 0) is 37.5 Å². The summed E-state index contributed by atoms with van der Waals surface area (Å²) in [6, 6.07) is 5.44. The van der Waals surface area contributed by atoms with Crippen LogP contribution in [0.4, 0.5) is 13.2 Å². The van der Waals surface area contributed by atoms with Crippen molar-refractivity contribution in [1.29, 1.82) is 0 Å². The quantitative estimate of drug-likeness (QED) is 0.741. The number of rotatable bonds is 3. The van der Waals surface area contributed by atoms with Crippen molar-refractivity contribution in [2.45, 2.75) is 32.0 Å². The Morgan fingerprint density at radius 3 is 2.37 bits per heavy atom. The molecule has 0 saturated carbocycles. The predicted octanol–water partition coefficient (Wildman–Crippen LogP) is 4.44. The van der Waals surface area contributed by atoms with Gasteiger partial charge in [-0.1, -0.05) is 28.1 Å². The lowest BCUT2D eigenvalue weighted by molar-refractivity contribution is -0.137. The second-order valence-corrected chi connectivity index (χ2v) is 5.69. The molecule has 106 valence electrons. The average molecular weight is 337 g/mol. The van der Waals surface area contributed by atoms with Crippen LogP contribution in [0.25, 0.3) is 0 Å². The van der Waals surface area contributed by atoms with Crippen molar-refractivity contribution in [2.24, 2.45) is 5.41 Å². The van der Waals surface area contributed by atoms with Gasteiger partial charge in [0.1, 0.15) is 0 Å². The maximum atomic E-state index is 12.5. The molecular weight excluding hydrogens is 321 g/mol. The summed E-state index contributed by atoms with van der Waals surface area (Å²) in [6.45, 7) is 2.74. The van der Waals surface area contributed by atoms with Crippen LogP contribution < -0.4 is 0 Å². The summed E-state index contributed by atoms with van der Waals surface area (Å²) in [5.74, 6) is 0. The van der Waals surface area contributed by atoms with Crippen molar-refractivity contribution >= 4 is 15.9 Å². The van der Waals surface area contributed by atoms with Gasteiger partial charge < -0.3 is 4.74 Å². The maximum absolute atomic E-state index is 12.5. The Labute approximate surface area is 119 Å². The van der Waals surface area contributed by atoms with E-state index < -0.39 is 11.7 Å². The van der Waals surface area contributed by atoms with Gasteiger partial charge in [0.15, 0.2) is 0 Å². The molecule has 0 bridgehead atoms. The van der Waals surface area contributed by atoms with Crippen LogP contribution in [0.3, 0.4) is 0 Å². The highest BCUT2D eigenvalue weighted by Crippen LogP contribution is 2.40. The van der Waals surface area contributed by atoms with E-state index in [1.807, 2.05) is 6.92 Å². The Balaban J connectivity index is 2.15. The van der Waals surface area contributed by atoms with Crippen molar-refractivity contribution in [2.75, 3.05) is 11.9 Å². The van der Waals surface area contributed by atoms with Crippen LogP contribution in [-0.4, -0.2) is 18.0 Å². The molecule has 1 aromatic rings. The topological polar surface area (TPSA) is 9.23 Å². The van der Waals surface area contributed by atoms with E-state index in [-0.39, 0.29) is 11.5 Å². The molecule has 5 heteroatoms. The Kier molecular flexibility index (Phi) is 4.26. The highest BCUT2D eigenvalue weighted by molar-refractivity contribution is 9.09. The van der Waals surface area contributed by atoms with Crippen LogP contribution in [0.2, 0.25) is 0 Å². The first-order valence-corrected chi connectivity index (χ1v) is 7.33. The zero-order valence-corrected chi connectivity index (χ0v) is 12.2. The zero-order chi connectivity index (χ0) is 14.1. The minimum Gasteiger partial charge on any atom is -0.378 e. The fourth-order valence-corrected chi connectivity index (χ4v) is 3.43. The molecule has 0 N–H and O–H groups in total. The van der Waals surface area contributed by atoms with Gasteiger partial charge in [-0.3, -0.25) is 0 Å². The van der Waals surface area contributed by atoms with Gasteiger partial charge in [-0.15, -0.1) is 0 Å². The third-order valence-corrected chi connectivity index (χ3v) is 5.05. The molecule has 1 aliphatic heterocycles. The molecule has 0 radical (unpaired) electrons. The molecular formula is C14H16BrF3O. The molecule has 19 heavy (non-hydrogen) atoms. The molecule has 1 saturated heterocycles. The fraction of sp³-hybridized carbons (Fsp3) is 0.571. The van der Waals surface area contributed by atoms with Crippen LogP contribution in [0.5, 0.6) is 0 Å². The minimum absolute atomic E-state index is 0.0141. The third-order valence-electron chi connectivity index (χ3n) is 3.93. The van der Waals surface area contributed by atoms with Crippen LogP contribution in [0, 0.1) is 5.41 Å². The van der Waals surface area contributed by atoms with E-state index in [1.54, 1.807) is 12.1 Å². The normalized spacial score (nSPS) is 27.7. The van der Waals surface area contributed by atoms with Crippen molar-refractivity contribution in [3.63, 3.8) is 0 Å². The van der Waals surface area contributed by atoms with Gasteiger partial charge in [0.05, 0.1) is 11.7 Å². The predicted molar refractivity (Wildman–Crippen MR) is 71.4 cm³/mol. The molecule has 1 aliphatic rings. The molecule has 0 amide bonds. The summed E-state index contributed by atoms with van der Waals surface area (Å²) in [7, 11) is 0. The summed E-state index contributed by atoms with van der Waals surface area (Å²) in [5, 5.41) is 0.794. The summed E-state index contributed by atoms with van der Waals surface area (Å²) in [5.41, 5.74) is 0.310. The van der Waals surface area contributed by atoms with Gasteiger partial charge in [0, 0.05) is 17.4 Å². The lowest BCUT2D eigenvalue weighted by Crippen LogP contribution is -2.32. The second kappa shape index (κ2) is 5.44. The van der Waals surface area contributed by atoms with Gasteiger partial charge in [-0.25, -0.2) is 0 Å². The highest BCUT2D eigenvalue weighted by Gasteiger charge is 2.40. The Bertz CT molecular complexity index is 429. The highest BCUT2D eigenvalue weighted by atomic mass is 79.9. The molecule has 1 nitrogen and oxygen atoms in total. The summed E-state index contributed by atoms with van der Waals surface area (Å²) in [6.07, 6.45) is -2.48. The molecule has 2 unspecified atom stereocenters. The first-order valence-electron chi connectivity index (χ1n) is 6.21. The number of alkyl halides is 4. The van der Waals surface area contributed by atoms with E-state index in [9.17, 15) is 13.2 Å². The Hall–Kier alpha value is -0.550. The molecule has 0 spiro atoms. The molecule has 2 atom stereocenters. The molecule has 0 aromatic heterocycles. The van der Waals surface area contributed by atoms with E-state index in [1.165, 1.54) is 0 Å². The van der Waals surface area contributed by atoms with E-state index in [2.05, 4.69) is 15.9 Å². The summed E-state index contributed by atoms with van der Waals surface area (Å²) in [4.78, 5) is 0. The van der Waals surface area contributed by atoms with Crippen LogP contribution in [0.1, 0.15) is 24.5 Å². The fourth-order valence-electron chi connectivity index (χ4n) is 2.49.